The highest BCUT2D eigenvalue weighted by Crippen LogP contribution is 2.21. The molecule has 1 atom stereocenters. The van der Waals surface area contributed by atoms with Crippen molar-refractivity contribution in [2.45, 2.75) is 77.6 Å². The van der Waals surface area contributed by atoms with E-state index in [1.807, 2.05) is 6.08 Å². The van der Waals surface area contributed by atoms with Crippen LogP contribution < -0.4 is 0 Å². The molecular weight excluding hydrogens is 292 g/mol. The summed E-state index contributed by atoms with van der Waals surface area (Å²) in [5.74, 6) is -3.10. The van der Waals surface area contributed by atoms with Crippen LogP contribution >= 0.6 is 0 Å². The normalized spacial score (nSPS) is 12.8. The van der Waals surface area contributed by atoms with Gasteiger partial charge in [-0.1, -0.05) is 69.6 Å². The van der Waals surface area contributed by atoms with Crippen molar-refractivity contribution < 1.29 is 19.8 Å². The van der Waals surface area contributed by atoms with Crippen molar-refractivity contribution in [3.05, 3.63) is 24.3 Å². The topological polar surface area (TPSA) is 74.6 Å². The SMILES string of the molecule is C=CCC(=CCCCCCCCCCC)C(CC(=O)O)C(=O)O. The Labute approximate surface area is 140 Å². The number of allylic oxidation sites excluding steroid dienone is 2. The Bertz CT molecular complexity index is 385. The molecule has 0 saturated heterocycles. The maximum absolute atomic E-state index is 11.3. The molecule has 0 rings (SSSR count). The molecule has 0 aliphatic rings. The molecule has 0 heterocycles. The molecule has 0 aromatic heterocycles. The van der Waals surface area contributed by atoms with Crippen molar-refractivity contribution in [2.24, 2.45) is 5.92 Å². The maximum atomic E-state index is 11.3. The Balaban J connectivity index is 4.21. The molecule has 4 nitrogen and oxygen atoms in total. The van der Waals surface area contributed by atoms with Gasteiger partial charge in [-0.2, -0.15) is 0 Å². The molecule has 0 fully saturated rings. The molecule has 23 heavy (non-hydrogen) atoms. The van der Waals surface area contributed by atoms with E-state index < -0.39 is 17.9 Å². The summed E-state index contributed by atoms with van der Waals surface area (Å²) in [4.78, 5) is 22.1. The van der Waals surface area contributed by atoms with Crippen molar-refractivity contribution in [3.8, 4) is 0 Å². The van der Waals surface area contributed by atoms with E-state index in [1.165, 1.54) is 38.5 Å². The largest absolute Gasteiger partial charge is 0.481 e. The van der Waals surface area contributed by atoms with E-state index >= 15 is 0 Å². The van der Waals surface area contributed by atoms with E-state index in [2.05, 4.69) is 13.5 Å². The Hall–Kier alpha value is -1.58. The van der Waals surface area contributed by atoms with Gasteiger partial charge in [0.15, 0.2) is 0 Å². The van der Waals surface area contributed by atoms with Gasteiger partial charge in [0.25, 0.3) is 0 Å². The number of hydrogen-bond donors (Lipinski definition) is 2. The number of aliphatic carboxylic acids is 2. The number of hydrogen-bond acceptors (Lipinski definition) is 2. The maximum Gasteiger partial charge on any atom is 0.311 e. The van der Waals surface area contributed by atoms with Gasteiger partial charge in [0.05, 0.1) is 12.3 Å². The summed E-state index contributed by atoms with van der Waals surface area (Å²) in [6, 6.07) is 0. The van der Waals surface area contributed by atoms with Gasteiger partial charge in [-0.25, -0.2) is 0 Å². The fourth-order valence-electron chi connectivity index (χ4n) is 2.65. The van der Waals surface area contributed by atoms with Crippen molar-refractivity contribution in [3.63, 3.8) is 0 Å². The fourth-order valence-corrected chi connectivity index (χ4v) is 2.65. The average Bonchev–Trinajstić information content (AvgIpc) is 2.49. The van der Waals surface area contributed by atoms with Gasteiger partial charge in [-0.3, -0.25) is 9.59 Å². The smallest absolute Gasteiger partial charge is 0.311 e. The van der Waals surface area contributed by atoms with Gasteiger partial charge in [0.1, 0.15) is 0 Å². The van der Waals surface area contributed by atoms with Crippen LogP contribution in [0, 0.1) is 5.92 Å². The van der Waals surface area contributed by atoms with E-state index in [0.717, 1.165) is 19.3 Å². The van der Waals surface area contributed by atoms with E-state index in [-0.39, 0.29) is 6.42 Å². The quantitative estimate of drug-likeness (QED) is 0.321. The molecule has 0 aromatic rings. The van der Waals surface area contributed by atoms with E-state index in [0.29, 0.717) is 12.0 Å². The predicted molar refractivity (Wildman–Crippen MR) is 93.5 cm³/mol. The highest BCUT2D eigenvalue weighted by Gasteiger charge is 2.24. The second kappa shape index (κ2) is 14.0. The second-order valence-electron chi connectivity index (χ2n) is 6.02. The van der Waals surface area contributed by atoms with Gasteiger partial charge < -0.3 is 10.2 Å². The number of carbonyl (C=O) groups is 2. The Morgan fingerprint density at radius 1 is 1.00 bits per heavy atom. The van der Waals surface area contributed by atoms with Gasteiger partial charge >= 0.3 is 11.9 Å². The zero-order chi connectivity index (χ0) is 17.5. The zero-order valence-corrected chi connectivity index (χ0v) is 14.4. The first kappa shape index (κ1) is 21.4. The number of carboxylic acids is 2. The third-order valence-corrected chi connectivity index (χ3v) is 3.97. The minimum absolute atomic E-state index is 0.369. The summed E-state index contributed by atoms with van der Waals surface area (Å²) in [7, 11) is 0. The monoisotopic (exact) mass is 324 g/mol. The van der Waals surface area contributed by atoms with E-state index in [9.17, 15) is 14.7 Å². The number of rotatable bonds is 15. The third-order valence-electron chi connectivity index (χ3n) is 3.97. The number of unbranched alkanes of at least 4 members (excludes halogenated alkanes) is 8. The zero-order valence-electron chi connectivity index (χ0n) is 14.4. The van der Waals surface area contributed by atoms with Crippen molar-refractivity contribution in [1.82, 2.24) is 0 Å². The Morgan fingerprint density at radius 3 is 2.04 bits per heavy atom. The standard InChI is InChI=1S/C19H32O4/c1-3-5-6-7-8-9-10-11-12-14-16(13-4-2)17(19(22)23)15-18(20)21/h4,14,17H,2-3,5-13,15H2,1H3,(H,20,21)(H,22,23). The molecule has 0 aliphatic heterocycles. The molecule has 0 aromatic carbocycles. The minimum atomic E-state index is -1.08. The van der Waals surface area contributed by atoms with Crippen LogP contribution in [0.3, 0.4) is 0 Å². The van der Waals surface area contributed by atoms with Crippen LogP contribution in [0.15, 0.2) is 24.3 Å². The summed E-state index contributed by atoms with van der Waals surface area (Å²) in [6.07, 6.45) is 14.2. The highest BCUT2D eigenvalue weighted by molar-refractivity contribution is 5.80. The third kappa shape index (κ3) is 11.6. The molecule has 0 amide bonds. The summed E-state index contributed by atoms with van der Waals surface area (Å²) in [5.41, 5.74) is 0.665. The van der Waals surface area contributed by atoms with Crippen molar-refractivity contribution in [1.29, 1.82) is 0 Å². The van der Waals surface area contributed by atoms with E-state index in [1.54, 1.807) is 6.08 Å². The lowest BCUT2D eigenvalue weighted by molar-refractivity contribution is -0.146. The predicted octanol–water partition coefficient (Wildman–Crippen LogP) is 5.20. The summed E-state index contributed by atoms with van der Waals surface area (Å²) in [6.45, 7) is 5.84. The minimum Gasteiger partial charge on any atom is -0.481 e. The van der Waals surface area contributed by atoms with Crippen LogP contribution in [0.25, 0.3) is 0 Å². The lowest BCUT2D eigenvalue weighted by Gasteiger charge is -2.13. The fraction of sp³-hybridized carbons (Fsp3) is 0.684. The van der Waals surface area contributed by atoms with Gasteiger partial charge in [-0.15, -0.1) is 6.58 Å². The second-order valence-corrected chi connectivity index (χ2v) is 6.02. The molecule has 0 aliphatic carbocycles. The summed E-state index contributed by atoms with van der Waals surface area (Å²) in [5, 5.41) is 18.1. The van der Waals surface area contributed by atoms with Crippen LogP contribution in [-0.2, 0) is 9.59 Å². The molecular formula is C19H32O4. The molecule has 4 heteroatoms. The van der Waals surface area contributed by atoms with Crippen LogP contribution in [0.5, 0.6) is 0 Å². The van der Waals surface area contributed by atoms with Gasteiger partial charge in [0, 0.05) is 0 Å². The first-order chi connectivity index (χ1) is 11.0. The molecule has 0 bridgehead atoms. The van der Waals surface area contributed by atoms with Crippen molar-refractivity contribution >= 4 is 11.9 Å². The molecule has 132 valence electrons. The van der Waals surface area contributed by atoms with Crippen LogP contribution in [0.4, 0.5) is 0 Å². The van der Waals surface area contributed by atoms with Gasteiger partial charge in [0.2, 0.25) is 0 Å². The molecule has 1 unspecified atom stereocenters. The summed E-state index contributed by atoms with van der Waals surface area (Å²) >= 11 is 0. The molecule has 2 N–H and O–H groups in total. The lowest BCUT2D eigenvalue weighted by Crippen LogP contribution is -2.20. The number of carboxylic acid groups (broad SMARTS) is 2. The molecule has 0 saturated carbocycles. The Morgan fingerprint density at radius 2 is 1.57 bits per heavy atom. The van der Waals surface area contributed by atoms with Crippen molar-refractivity contribution in [2.75, 3.05) is 0 Å². The van der Waals surface area contributed by atoms with Crippen LogP contribution in [-0.4, -0.2) is 22.2 Å². The Kier molecular flexibility index (Phi) is 13.1. The lowest BCUT2D eigenvalue weighted by atomic mass is 9.91. The average molecular weight is 324 g/mol. The molecule has 0 spiro atoms. The first-order valence-corrected chi connectivity index (χ1v) is 8.77. The summed E-state index contributed by atoms with van der Waals surface area (Å²) < 4.78 is 0. The van der Waals surface area contributed by atoms with E-state index in [4.69, 9.17) is 5.11 Å². The van der Waals surface area contributed by atoms with Gasteiger partial charge in [-0.05, 0) is 19.3 Å². The highest BCUT2D eigenvalue weighted by atomic mass is 16.4. The van der Waals surface area contributed by atoms with Crippen LogP contribution in [0.1, 0.15) is 77.6 Å². The molecule has 0 radical (unpaired) electrons. The first-order valence-electron chi connectivity index (χ1n) is 8.77. The van der Waals surface area contributed by atoms with Crippen LogP contribution in [0.2, 0.25) is 0 Å².